The second kappa shape index (κ2) is 7.59. The molecule has 2 aliphatic rings. The highest BCUT2D eigenvalue weighted by molar-refractivity contribution is 7.88. The van der Waals surface area contributed by atoms with Gasteiger partial charge < -0.3 is 4.90 Å². The highest BCUT2D eigenvalue weighted by Gasteiger charge is 2.37. The molecule has 1 amide bonds. The minimum atomic E-state index is -3.22. The Morgan fingerprint density at radius 3 is 2.56 bits per heavy atom. The summed E-state index contributed by atoms with van der Waals surface area (Å²) in [6.07, 6.45) is 1.86. The second-order valence-electron chi connectivity index (χ2n) is 6.50. The Labute approximate surface area is 153 Å². The van der Waals surface area contributed by atoms with Crippen LogP contribution in [0.4, 0.5) is 0 Å². The first-order chi connectivity index (χ1) is 11.9. The van der Waals surface area contributed by atoms with Gasteiger partial charge in [-0.15, -0.1) is 0 Å². The van der Waals surface area contributed by atoms with Crippen LogP contribution in [0.15, 0.2) is 24.3 Å². The third-order valence-corrected chi connectivity index (χ3v) is 6.32. The lowest BCUT2D eigenvalue weighted by molar-refractivity contribution is -0.135. The van der Waals surface area contributed by atoms with Gasteiger partial charge in [0.1, 0.15) is 0 Å². The van der Waals surface area contributed by atoms with Gasteiger partial charge in [-0.25, -0.2) is 18.1 Å². The zero-order valence-corrected chi connectivity index (χ0v) is 15.7. The molecule has 2 heterocycles. The molecule has 0 radical (unpaired) electrons. The summed E-state index contributed by atoms with van der Waals surface area (Å²) >= 11 is 5.94. The van der Waals surface area contributed by atoms with E-state index in [0.29, 0.717) is 44.2 Å². The van der Waals surface area contributed by atoms with Crippen LogP contribution in [0, 0.1) is 5.92 Å². The predicted molar refractivity (Wildman–Crippen MR) is 96.4 cm³/mol. The molecule has 9 heteroatoms. The third kappa shape index (κ3) is 4.32. The normalized spacial score (nSPS) is 25.8. The van der Waals surface area contributed by atoms with Gasteiger partial charge in [-0.3, -0.25) is 10.2 Å². The quantitative estimate of drug-likeness (QED) is 0.795. The predicted octanol–water partition coefficient (Wildman–Crippen LogP) is 0.599. The number of nitrogens with zero attached hydrogens (tertiary/aromatic N) is 2. The Morgan fingerprint density at radius 2 is 1.88 bits per heavy atom. The number of nitrogens with one attached hydrogen (secondary N) is 2. The summed E-state index contributed by atoms with van der Waals surface area (Å²) < 4.78 is 24.9. The first-order valence-electron chi connectivity index (χ1n) is 8.34. The molecule has 3 rings (SSSR count). The molecule has 2 atom stereocenters. The van der Waals surface area contributed by atoms with Crippen molar-refractivity contribution in [2.75, 3.05) is 39.0 Å². The van der Waals surface area contributed by atoms with Crippen LogP contribution in [0.25, 0.3) is 0 Å². The molecular weight excluding hydrogens is 364 g/mol. The van der Waals surface area contributed by atoms with Crippen LogP contribution in [0.2, 0.25) is 5.02 Å². The number of sulfonamides is 1. The molecule has 7 nitrogen and oxygen atoms in total. The van der Waals surface area contributed by atoms with E-state index in [-0.39, 0.29) is 17.9 Å². The van der Waals surface area contributed by atoms with Gasteiger partial charge in [0.25, 0.3) is 0 Å². The van der Waals surface area contributed by atoms with E-state index in [4.69, 9.17) is 11.6 Å². The molecule has 2 aliphatic heterocycles. The molecule has 0 bridgehead atoms. The Hall–Kier alpha value is -1.19. The lowest BCUT2D eigenvalue weighted by Crippen LogP contribution is -2.41. The molecule has 2 N–H and O–H groups in total. The smallest absolute Gasteiger partial charge is 0.229 e. The first-order valence-corrected chi connectivity index (χ1v) is 10.6. The van der Waals surface area contributed by atoms with Crippen molar-refractivity contribution in [2.24, 2.45) is 5.92 Å². The molecule has 138 valence electrons. The topological polar surface area (TPSA) is 81.8 Å². The van der Waals surface area contributed by atoms with Gasteiger partial charge in [0.05, 0.1) is 18.2 Å². The van der Waals surface area contributed by atoms with Crippen molar-refractivity contribution in [1.82, 2.24) is 20.1 Å². The molecule has 2 saturated heterocycles. The van der Waals surface area contributed by atoms with Gasteiger partial charge in [-0.1, -0.05) is 23.7 Å². The lowest BCUT2D eigenvalue weighted by Gasteiger charge is -2.26. The number of rotatable bonds is 3. The average Bonchev–Trinajstić information content (AvgIpc) is 2.90. The van der Waals surface area contributed by atoms with Crippen LogP contribution >= 0.6 is 11.6 Å². The molecule has 1 aromatic rings. The fourth-order valence-corrected chi connectivity index (χ4v) is 4.39. The minimum Gasteiger partial charge on any atom is -0.341 e. The number of carbonyl (C=O) groups excluding carboxylic acids is 1. The molecule has 0 aromatic heterocycles. The molecule has 0 spiro atoms. The van der Waals surface area contributed by atoms with Crippen LogP contribution in [0.5, 0.6) is 0 Å². The summed E-state index contributed by atoms with van der Waals surface area (Å²) in [4.78, 5) is 14.8. The van der Waals surface area contributed by atoms with Crippen LogP contribution in [0.3, 0.4) is 0 Å². The summed E-state index contributed by atoms with van der Waals surface area (Å²) in [5.41, 5.74) is 7.23. The largest absolute Gasteiger partial charge is 0.341 e. The van der Waals surface area contributed by atoms with E-state index in [1.807, 2.05) is 24.3 Å². The third-order valence-electron chi connectivity index (χ3n) is 4.76. The summed E-state index contributed by atoms with van der Waals surface area (Å²) in [5.74, 6) is -0.182. The van der Waals surface area contributed by atoms with Crippen molar-refractivity contribution in [3.63, 3.8) is 0 Å². The molecule has 2 fully saturated rings. The van der Waals surface area contributed by atoms with Crippen molar-refractivity contribution in [2.45, 2.75) is 12.5 Å². The van der Waals surface area contributed by atoms with Gasteiger partial charge in [0.2, 0.25) is 15.9 Å². The Bertz CT molecular complexity index is 725. The van der Waals surface area contributed by atoms with Crippen LogP contribution < -0.4 is 10.9 Å². The first kappa shape index (κ1) is 18.6. The molecule has 2 unspecified atom stereocenters. The van der Waals surface area contributed by atoms with E-state index in [1.54, 1.807) is 4.90 Å². The highest BCUT2D eigenvalue weighted by Crippen LogP contribution is 2.28. The maximum atomic E-state index is 13.0. The zero-order chi connectivity index (χ0) is 18.0. The Kier molecular flexibility index (Phi) is 5.65. The van der Waals surface area contributed by atoms with Crippen LogP contribution in [0.1, 0.15) is 18.0 Å². The van der Waals surface area contributed by atoms with Crippen molar-refractivity contribution < 1.29 is 13.2 Å². The summed E-state index contributed by atoms with van der Waals surface area (Å²) in [7, 11) is -3.22. The molecule has 0 aliphatic carbocycles. The fraction of sp³-hybridized carbons (Fsp3) is 0.562. The standard InChI is InChI=1S/C16H23ClN4O3S/c1-25(23,24)21-8-2-7-20(9-10-21)16(22)14-11-18-19-15(14)12-3-5-13(17)6-4-12/h3-6,14-15,18-19H,2,7-11H2,1H3. The van der Waals surface area contributed by atoms with Gasteiger partial charge in [0.15, 0.2) is 0 Å². The number of hydrogen-bond acceptors (Lipinski definition) is 5. The van der Waals surface area contributed by atoms with E-state index in [2.05, 4.69) is 10.9 Å². The highest BCUT2D eigenvalue weighted by atomic mass is 35.5. The van der Waals surface area contributed by atoms with Crippen molar-refractivity contribution in [3.8, 4) is 0 Å². The lowest BCUT2D eigenvalue weighted by atomic mass is 9.93. The van der Waals surface area contributed by atoms with E-state index in [1.165, 1.54) is 10.6 Å². The minimum absolute atomic E-state index is 0.0489. The van der Waals surface area contributed by atoms with Crippen LogP contribution in [-0.2, 0) is 14.8 Å². The molecule has 1 aromatic carbocycles. The SMILES string of the molecule is CS(=O)(=O)N1CCCN(C(=O)C2CNNC2c2ccc(Cl)cc2)CC1. The van der Waals surface area contributed by atoms with E-state index in [9.17, 15) is 13.2 Å². The summed E-state index contributed by atoms with van der Waals surface area (Å²) in [6.45, 7) is 2.36. The van der Waals surface area contributed by atoms with Crippen molar-refractivity contribution in [3.05, 3.63) is 34.9 Å². The zero-order valence-electron chi connectivity index (χ0n) is 14.1. The molecular formula is C16H23ClN4O3S. The fourth-order valence-electron chi connectivity index (χ4n) is 3.39. The second-order valence-corrected chi connectivity index (χ2v) is 8.92. The van der Waals surface area contributed by atoms with E-state index < -0.39 is 10.0 Å². The maximum Gasteiger partial charge on any atom is 0.229 e. The summed E-state index contributed by atoms with van der Waals surface area (Å²) in [5, 5.41) is 0.658. The van der Waals surface area contributed by atoms with Gasteiger partial charge in [-0.05, 0) is 24.1 Å². The number of hydrogen-bond donors (Lipinski definition) is 2. The average molecular weight is 387 g/mol. The van der Waals surface area contributed by atoms with E-state index in [0.717, 1.165) is 5.56 Å². The number of hydrazine groups is 1. The number of halogens is 1. The summed E-state index contributed by atoms with van der Waals surface area (Å²) in [6, 6.07) is 7.34. The van der Waals surface area contributed by atoms with Crippen molar-refractivity contribution >= 4 is 27.5 Å². The molecule has 0 saturated carbocycles. The van der Waals surface area contributed by atoms with Crippen LogP contribution in [-0.4, -0.2) is 62.5 Å². The van der Waals surface area contributed by atoms with Gasteiger partial charge in [0, 0.05) is 37.7 Å². The van der Waals surface area contributed by atoms with Gasteiger partial charge in [-0.2, -0.15) is 0 Å². The molecule has 25 heavy (non-hydrogen) atoms. The van der Waals surface area contributed by atoms with Gasteiger partial charge >= 0.3 is 0 Å². The number of benzene rings is 1. The monoisotopic (exact) mass is 386 g/mol. The maximum absolute atomic E-state index is 13.0. The number of carbonyl (C=O) groups is 1. The van der Waals surface area contributed by atoms with E-state index >= 15 is 0 Å². The Morgan fingerprint density at radius 1 is 1.16 bits per heavy atom. The van der Waals surface area contributed by atoms with Crippen molar-refractivity contribution in [1.29, 1.82) is 0 Å². The Balaban J connectivity index is 1.70. The number of amides is 1.